The average molecular weight is 382 g/mol. The van der Waals surface area contributed by atoms with Crippen LogP contribution in [-0.4, -0.2) is 14.7 Å². The molecule has 6 nitrogen and oxygen atoms in total. The number of fused-ring (bicyclic) bond motifs is 1. The van der Waals surface area contributed by atoms with Crippen molar-refractivity contribution in [2.75, 3.05) is 5.73 Å². The predicted octanol–water partition coefficient (Wildman–Crippen LogP) is 3.83. The Morgan fingerprint density at radius 1 is 1.07 bits per heavy atom. The number of aryl methyl sites for hydroxylation is 3. The molecule has 0 spiro atoms. The molecule has 142 valence electrons. The molecule has 4 rings (SSSR count). The van der Waals surface area contributed by atoms with Crippen LogP contribution in [0.15, 0.2) is 39.6 Å². The number of nitrogen functional groups attached to an aromatic ring is 1. The Morgan fingerprint density at radius 3 is 2.50 bits per heavy atom. The Morgan fingerprint density at radius 2 is 1.82 bits per heavy atom. The molecular weight excluding hydrogens is 366 g/mol. The number of benzene rings is 1. The van der Waals surface area contributed by atoms with Crippen molar-refractivity contribution in [3.05, 3.63) is 69.3 Å². The quantitative estimate of drug-likeness (QED) is 0.533. The molecule has 3 aromatic heterocycles. The molecule has 3 heterocycles. The van der Waals surface area contributed by atoms with Crippen LogP contribution >= 0.6 is 0 Å². The number of aromatic nitrogens is 3. The molecule has 0 atom stereocenters. The van der Waals surface area contributed by atoms with Crippen LogP contribution in [0.2, 0.25) is 0 Å². The highest BCUT2D eigenvalue weighted by atomic mass is 19.1. The molecule has 2 N–H and O–H groups in total. The summed E-state index contributed by atoms with van der Waals surface area (Å²) in [5, 5.41) is 4.22. The molecule has 0 radical (unpaired) electrons. The Labute approximate surface area is 158 Å². The predicted molar refractivity (Wildman–Crippen MR) is 101 cm³/mol. The lowest BCUT2D eigenvalue weighted by molar-refractivity contribution is 0.393. The van der Waals surface area contributed by atoms with Gasteiger partial charge in [0.25, 0.3) is 0 Å². The molecule has 0 saturated carbocycles. The van der Waals surface area contributed by atoms with E-state index in [2.05, 4.69) is 10.1 Å². The van der Waals surface area contributed by atoms with Gasteiger partial charge in [0.1, 0.15) is 23.0 Å². The summed E-state index contributed by atoms with van der Waals surface area (Å²) in [6, 6.07) is 6.58. The zero-order chi connectivity index (χ0) is 20.2. The van der Waals surface area contributed by atoms with Crippen molar-refractivity contribution < 1.29 is 13.3 Å². The van der Waals surface area contributed by atoms with Crippen molar-refractivity contribution in [1.82, 2.24) is 14.7 Å². The third-order valence-electron chi connectivity index (χ3n) is 4.64. The standard InChI is InChI=1S/C20H16F2N4O2/c1-9-6-18(27)12-4-5-16(19-10(2)25-28-11(19)3)24-20(12)26(9)17-8-15(23)13(21)7-14(17)22/h4-8H,23H2,1-3H3. The molecule has 0 aliphatic rings. The highest BCUT2D eigenvalue weighted by Crippen LogP contribution is 2.29. The summed E-state index contributed by atoms with van der Waals surface area (Å²) >= 11 is 0. The summed E-state index contributed by atoms with van der Waals surface area (Å²) in [6.07, 6.45) is 0. The molecule has 0 bridgehead atoms. The van der Waals surface area contributed by atoms with Gasteiger partial charge in [-0.05, 0) is 39.0 Å². The van der Waals surface area contributed by atoms with Crippen LogP contribution in [0.3, 0.4) is 0 Å². The maximum Gasteiger partial charge on any atom is 0.191 e. The summed E-state index contributed by atoms with van der Waals surface area (Å²) in [6.45, 7) is 5.18. The molecule has 0 aliphatic heterocycles. The molecule has 0 fully saturated rings. The third-order valence-corrected chi connectivity index (χ3v) is 4.64. The fourth-order valence-electron chi connectivity index (χ4n) is 3.33. The van der Waals surface area contributed by atoms with Gasteiger partial charge in [-0.1, -0.05) is 5.16 Å². The number of halogens is 2. The Balaban J connectivity index is 2.11. The summed E-state index contributed by atoms with van der Waals surface area (Å²) in [5.41, 5.74) is 7.72. The minimum Gasteiger partial charge on any atom is -0.396 e. The smallest absolute Gasteiger partial charge is 0.191 e. The van der Waals surface area contributed by atoms with E-state index in [4.69, 9.17) is 10.3 Å². The number of pyridine rings is 2. The summed E-state index contributed by atoms with van der Waals surface area (Å²) < 4.78 is 34.9. The zero-order valence-electron chi connectivity index (χ0n) is 15.4. The van der Waals surface area contributed by atoms with Crippen molar-refractivity contribution >= 4 is 16.7 Å². The largest absolute Gasteiger partial charge is 0.396 e. The van der Waals surface area contributed by atoms with Crippen LogP contribution in [0.5, 0.6) is 0 Å². The minimum atomic E-state index is -0.853. The first-order valence-corrected chi connectivity index (χ1v) is 8.49. The Kier molecular flexibility index (Phi) is 3.99. The lowest BCUT2D eigenvalue weighted by atomic mass is 10.1. The van der Waals surface area contributed by atoms with Crippen LogP contribution in [-0.2, 0) is 0 Å². The number of hydrogen-bond acceptors (Lipinski definition) is 5. The summed E-state index contributed by atoms with van der Waals surface area (Å²) in [5.74, 6) is -1.10. The van der Waals surface area contributed by atoms with E-state index in [-0.39, 0.29) is 22.5 Å². The van der Waals surface area contributed by atoms with Crippen molar-refractivity contribution in [2.24, 2.45) is 0 Å². The van der Waals surface area contributed by atoms with Gasteiger partial charge < -0.3 is 10.3 Å². The van der Waals surface area contributed by atoms with E-state index in [1.54, 1.807) is 32.9 Å². The average Bonchev–Trinajstić information content (AvgIpc) is 2.97. The van der Waals surface area contributed by atoms with E-state index in [1.165, 1.54) is 16.7 Å². The number of nitrogens with zero attached hydrogens (tertiary/aromatic N) is 3. The van der Waals surface area contributed by atoms with Crippen LogP contribution in [0.4, 0.5) is 14.5 Å². The van der Waals surface area contributed by atoms with Gasteiger partial charge in [-0.3, -0.25) is 9.36 Å². The van der Waals surface area contributed by atoms with Crippen molar-refractivity contribution in [3.63, 3.8) is 0 Å². The first kappa shape index (κ1) is 17.8. The fraction of sp³-hybridized carbons (Fsp3) is 0.150. The number of rotatable bonds is 2. The number of hydrogen-bond donors (Lipinski definition) is 1. The Hall–Kier alpha value is -3.55. The second-order valence-corrected chi connectivity index (χ2v) is 6.58. The van der Waals surface area contributed by atoms with Gasteiger partial charge in [0.15, 0.2) is 5.43 Å². The molecular formula is C20H16F2N4O2. The molecule has 8 heteroatoms. The second-order valence-electron chi connectivity index (χ2n) is 6.58. The van der Waals surface area contributed by atoms with Crippen LogP contribution in [0, 0.1) is 32.4 Å². The molecule has 28 heavy (non-hydrogen) atoms. The fourth-order valence-corrected chi connectivity index (χ4v) is 3.33. The molecule has 0 unspecified atom stereocenters. The number of anilines is 1. The van der Waals surface area contributed by atoms with Gasteiger partial charge in [-0.2, -0.15) is 0 Å². The van der Waals surface area contributed by atoms with Crippen LogP contribution < -0.4 is 11.2 Å². The normalized spacial score (nSPS) is 11.3. The minimum absolute atomic E-state index is 0.00446. The van der Waals surface area contributed by atoms with E-state index >= 15 is 0 Å². The van der Waals surface area contributed by atoms with Gasteiger partial charge in [-0.15, -0.1) is 0 Å². The first-order chi connectivity index (χ1) is 13.3. The monoisotopic (exact) mass is 382 g/mol. The van der Waals surface area contributed by atoms with E-state index < -0.39 is 11.6 Å². The molecule has 4 aromatic rings. The topological polar surface area (TPSA) is 86.9 Å². The lowest BCUT2D eigenvalue weighted by Crippen LogP contribution is -2.14. The van der Waals surface area contributed by atoms with E-state index in [1.807, 2.05) is 0 Å². The van der Waals surface area contributed by atoms with E-state index in [9.17, 15) is 13.6 Å². The van der Waals surface area contributed by atoms with Crippen molar-refractivity contribution in [3.8, 4) is 16.9 Å². The van der Waals surface area contributed by atoms with Crippen molar-refractivity contribution in [2.45, 2.75) is 20.8 Å². The molecule has 0 amide bonds. The maximum absolute atomic E-state index is 14.6. The summed E-state index contributed by atoms with van der Waals surface area (Å²) in [7, 11) is 0. The van der Waals surface area contributed by atoms with Gasteiger partial charge >= 0.3 is 0 Å². The van der Waals surface area contributed by atoms with E-state index in [0.29, 0.717) is 39.9 Å². The first-order valence-electron chi connectivity index (χ1n) is 8.49. The SMILES string of the molecule is Cc1noc(C)c1-c1ccc2c(=O)cc(C)n(-c3cc(N)c(F)cc3F)c2n1. The lowest BCUT2D eigenvalue weighted by Gasteiger charge is -2.16. The van der Waals surface area contributed by atoms with Crippen LogP contribution in [0.25, 0.3) is 28.0 Å². The Bertz CT molecular complexity index is 1290. The van der Waals surface area contributed by atoms with Crippen LogP contribution in [0.1, 0.15) is 17.1 Å². The third kappa shape index (κ3) is 2.65. The highest BCUT2D eigenvalue weighted by molar-refractivity contribution is 5.81. The van der Waals surface area contributed by atoms with E-state index in [0.717, 1.165) is 0 Å². The molecule has 0 saturated heterocycles. The second kappa shape index (κ2) is 6.26. The molecule has 1 aromatic carbocycles. The van der Waals surface area contributed by atoms with Gasteiger partial charge in [-0.25, -0.2) is 13.8 Å². The van der Waals surface area contributed by atoms with Crippen molar-refractivity contribution in [1.29, 1.82) is 0 Å². The van der Waals surface area contributed by atoms with Gasteiger partial charge in [0.05, 0.1) is 33.7 Å². The summed E-state index contributed by atoms with van der Waals surface area (Å²) in [4.78, 5) is 17.1. The zero-order valence-corrected chi connectivity index (χ0v) is 15.4. The maximum atomic E-state index is 14.6. The van der Waals surface area contributed by atoms with Gasteiger partial charge in [0, 0.05) is 17.8 Å². The molecule has 0 aliphatic carbocycles. The van der Waals surface area contributed by atoms with Gasteiger partial charge in [0.2, 0.25) is 0 Å². The number of nitrogens with two attached hydrogens (primary N) is 1. The highest BCUT2D eigenvalue weighted by Gasteiger charge is 2.18.